The average molecular weight is 263 g/mol. The Morgan fingerprint density at radius 3 is 2.89 bits per heavy atom. The highest BCUT2D eigenvalue weighted by atomic mass is 16.5. The number of hydrogen-bond acceptors (Lipinski definition) is 4. The Morgan fingerprint density at radius 2 is 2.21 bits per heavy atom. The topological polar surface area (TPSA) is 58.2 Å². The first-order chi connectivity index (χ1) is 9.22. The van der Waals surface area contributed by atoms with Crippen LogP contribution < -0.4 is 10.5 Å². The first kappa shape index (κ1) is 12.7. The largest absolute Gasteiger partial charge is 0.379 e. The molecule has 2 aliphatic carbocycles. The standard InChI is InChI=1S/C14H21N3O2/c1-17(6-7-19-9-10-2-3-10)12-8-13(18)16-14(15-12)11-4-5-11/h8,10-11H,2-7,9H2,1H3,(H,15,16,18). The van der Waals surface area contributed by atoms with Gasteiger partial charge in [0.1, 0.15) is 11.6 Å². The van der Waals surface area contributed by atoms with Crippen molar-refractivity contribution in [1.29, 1.82) is 0 Å². The molecule has 0 radical (unpaired) electrons. The van der Waals surface area contributed by atoms with Crippen LogP contribution in [0.5, 0.6) is 0 Å². The normalized spacial score (nSPS) is 18.6. The molecule has 2 aliphatic rings. The molecule has 5 heteroatoms. The maximum absolute atomic E-state index is 11.6. The van der Waals surface area contributed by atoms with Crippen molar-refractivity contribution < 1.29 is 4.74 Å². The quantitative estimate of drug-likeness (QED) is 0.758. The lowest BCUT2D eigenvalue weighted by molar-refractivity contribution is 0.131. The smallest absolute Gasteiger partial charge is 0.252 e. The molecule has 5 nitrogen and oxygen atoms in total. The van der Waals surface area contributed by atoms with E-state index in [9.17, 15) is 4.79 Å². The van der Waals surface area contributed by atoms with Crippen molar-refractivity contribution in [3.05, 3.63) is 22.2 Å². The molecule has 0 spiro atoms. The molecule has 0 atom stereocenters. The van der Waals surface area contributed by atoms with E-state index in [0.29, 0.717) is 12.5 Å². The Kier molecular flexibility index (Phi) is 3.55. The summed E-state index contributed by atoms with van der Waals surface area (Å²) in [7, 11) is 1.96. The maximum atomic E-state index is 11.6. The fraction of sp³-hybridized carbons (Fsp3) is 0.714. The number of aromatic amines is 1. The minimum atomic E-state index is -0.0577. The van der Waals surface area contributed by atoms with Gasteiger partial charge in [0.05, 0.1) is 6.61 Å². The summed E-state index contributed by atoms with van der Waals surface area (Å²) in [5.74, 6) is 2.85. The summed E-state index contributed by atoms with van der Waals surface area (Å²) in [4.78, 5) is 21.0. The number of likely N-dealkylation sites (N-methyl/N-ethyl adjacent to an activating group) is 1. The highest BCUT2D eigenvalue weighted by molar-refractivity contribution is 5.36. The molecule has 1 aromatic rings. The second-order valence-electron chi connectivity index (χ2n) is 5.70. The van der Waals surface area contributed by atoms with Crippen molar-refractivity contribution >= 4 is 5.82 Å². The summed E-state index contributed by atoms with van der Waals surface area (Å²) in [6.07, 6.45) is 4.91. The summed E-state index contributed by atoms with van der Waals surface area (Å²) in [5.41, 5.74) is -0.0577. The van der Waals surface area contributed by atoms with Gasteiger partial charge in [-0.15, -0.1) is 0 Å². The number of nitrogens with one attached hydrogen (secondary N) is 1. The van der Waals surface area contributed by atoms with E-state index in [4.69, 9.17) is 4.74 Å². The Morgan fingerprint density at radius 1 is 1.42 bits per heavy atom. The minimum absolute atomic E-state index is 0.0577. The number of anilines is 1. The lowest BCUT2D eigenvalue weighted by Crippen LogP contribution is -2.26. The average Bonchev–Trinajstić information content (AvgIpc) is 3.27. The van der Waals surface area contributed by atoms with Gasteiger partial charge in [-0.1, -0.05) is 0 Å². The molecular formula is C14H21N3O2. The molecule has 0 aromatic carbocycles. The molecule has 0 amide bonds. The van der Waals surface area contributed by atoms with Gasteiger partial charge in [0.25, 0.3) is 5.56 Å². The van der Waals surface area contributed by atoms with E-state index < -0.39 is 0 Å². The third kappa shape index (κ3) is 3.56. The second kappa shape index (κ2) is 5.33. The van der Waals surface area contributed by atoms with Gasteiger partial charge in [-0.3, -0.25) is 4.79 Å². The highest BCUT2D eigenvalue weighted by Gasteiger charge is 2.26. The number of rotatable bonds is 7. The van der Waals surface area contributed by atoms with E-state index >= 15 is 0 Å². The van der Waals surface area contributed by atoms with Crippen LogP contribution in [0.4, 0.5) is 5.82 Å². The molecule has 0 aliphatic heterocycles. The van der Waals surface area contributed by atoms with Crippen molar-refractivity contribution in [2.75, 3.05) is 31.7 Å². The van der Waals surface area contributed by atoms with E-state index in [0.717, 1.165) is 43.6 Å². The summed E-state index contributed by atoms with van der Waals surface area (Å²) in [6.45, 7) is 2.34. The van der Waals surface area contributed by atoms with Crippen LogP contribution in [0.3, 0.4) is 0 Å². The SMILES string of the molecule is CN(CCOCC1CC1)c1cc(=O)[nH]c(C2CC2)n1. The number of aromatic nitrogens is 2. The Balaban J connectivity index is 1.55. The third-order valence-corrected chi connectivity index (χ3v) is 3.72. The van der Waals surface area contributed by atoms with Gasteiger partial charge in [-0.25, -0.2) is 4.98 Å². The van der Waals surface area contributed by atoms with Crippen LogP contribution in [0.1, 0.15) is 37.4 Å². The number of H-pyrrole nitrogens is 1. The monoisotopic (exact) mass is 263 g/mol. The van der Waals surface area contributed by atoms with Crippen LogP contribution in [0, 0.1) is 5.92 Å². The molecule has 0 unspecified atom stereocenters. The molecule has 2 fully saturated rings. The Labute approximate surface area is 113 Å². The first-order valence-electron chi connectivity index (χ1n) is 7.12. The summed E-state index contributed by atoms with van der Waals surface area (Å²) < 4.78 is 5.61. The Bertz CT molecular complexity index is 492. The molecule has 1 aromatic heterocycles. The van der Waals surface area contributed by atoms with Crippen LogP contribution >= 0.6 is 0 Å². The van der Waals surface area contributed by atoms with Crippen molar-refractivity contribution in [1.82, 2.24) is 9.97 Å². The molecule has 0 bridgehead atoms. The maximum Gasteiger partial charge on any atom is 0.252 e. The van der Waals surface area contributed by atoms with E-state index in [2.05, 4.69) is 9.97 Å². The second-order valence-corrected chi connectivity index (χ2v) is 5.70. The van der Waals surface area contributed by atoms with Crippen LogP contribution in [0.25, 0.3) is 0 Å². The molecule has 1 heterocycles. The predicted molar refractivity (Wildman–Crippen MR) is 73.6 cm³/mol. The summed E-state index contributed by atoms with van der Waals surface area (Å²) >= 11 is 0. The minimum Gasteiger partial charge on any atom is -0.379 e. The molecule has 3 rings (SSSR count). The molecular weight excluding hydrogens is 242 g/mol. The van der Waals surface area contributed by atoms with E-state index in [1.54, 1.807) is 6.07 Å². The number of ether oxygens (including phenoxy) is 1. The zero-order valence-electron chi connectivity index (χ0n) is 11.4. The lowest BCUT2D eigenvalue weighted by Gasteiger charge is -2.18. The lowest BCUT2D eigenvalue weighted by atomic mass is 10.4. The van der Waals surface area contributed by atoms with E-state index in [-0.39, 0.29) is 5.56 Å². The summed E-state index contributed by atoms with van der Waals surface area (Å²) in [5, 5.41) is 0. The highest BCUT2D eigenvalue weighted by Crippen LogP contribution is 2.37. The molecule has 104 valence electrons. The van der Waals surface area contributed by atoms with E-state index in [1.807, 2.05) is 11.9 Å². The van der Waals surface area contributed by atoms with Gasteiger partial charge in [0, 0.05) is 32.2 Å². The van der Waals surface area contributed by atoms with Gasteiger partial charge in [0.2, 0.25) is 0 Å². The van der Waals surface area contributed by atoms with Crippen molar-refractivity contribution in [3.8, 4) is 0 Å². The zero-order valence-corrected chi connectivity index (χ0v) is 11.4. The molecule has 1 N–H and O–H groups in total. The van der Waals surface area contributed by atoms with Crippen LogP contribution in [-0.4, -0.2) is 36.8 Å². The van der Waals surface area contributed by atoms with Gasteiger partial charge in [-0.05, 0) is 31.6 Å². The first-order valence-corrected chi connectivity index (χ1v) is 7.12. The van der Waals surface area contributed by atoms with Gasteiger partial charge >= 0.3 is 0 Å². The van der Waals surface area contributed by atoms with Gasteiger partial charge in [-0.2, -0.15) is 0 Å². The van der Waals surface area contributed by atoms with Crippen LogP contribution in [0.15, 0.2) is 10.9 Å². The van der Waals surface area contributed by atoms with Gasteiger partial charge in [0.15, 0.2) is 0 Å². The molecule has 19 heavy (non-hydrogen) atoms. The zero-order chi connectivity index (χ0) is 13.2. The fourth-order valence-corrected chi connectivity index (χ4v) is 2.06. The third-order valence-electron chi connectivity index (χ3n) is 3.72. The van der Waals surface area contributed by atoms with E-state index in [1.165, 1.54) is 12.8 Å². The van der Waals surface area contributed by atoms with Crippen molar-refractivity contribution in [3.63, 3.8) is 0 Å². The fourth-order valence-electron chi connectivity index (χ4n) is 2.06. The summed E-state index contributed by atoms with van der Waals surface area (Å²) in [6, 6.07) is 1.56. The Hall–Kier alpha value is -1.36. The van der Waals surface area contributed by atoms with Gasteiger partial charge < -0.3 is 14.6 Å². The van der Waals surface area contributed by atoms with Crippen molar-refractivity contribution in [2.24, 2.45) is 5.92 Å². The number of nitrogens with zero attached hydrogens (tertiary/aromatic N) is 2. The van der Waals surface area contributed by atoms with Crippen molar-refractivity contribution in [2.45, 2.75) is 31.6 Å². The van der Waals surface area contributed by atoms with Crippen LogP contribution in [0.2, 0.25) is 0 Å². The molecule has 0 saturated heterocycles. The number of hydrogen-bond donors (Lipinski definition) is 1. The predicted octanol–water partition coefficient (Wildman–Crippen LogP) is 1.51. The van der Waals surface area contributed by atoms with Crippen LogP contribution in [-0.2, 0) is 4.74 Å². The molecule has 2 saturated carbocycles.